The zero-order chi connectivity index (χ0) is 14.8. The summed E-state index contributed by atoms with van der Waals surface area (Å²) in [7, 11) is 0. The molecule has 0 unspecified atom stereocenters. The molecule has 3 aromatic rings. The van der Waals surface area contributed by atoms with Crippen LogP contribution in [-0.2, 0) is 6.54 Å². The zero-order valence-corrected chi connectivity index (χ0v) is 12.4. The van der Waals surface area contributed by atoms with E-state index in [1.165, 1.54) is 0 Å². The summed E-state index contributed by atoms with van der Waals surface area (Å²) in [5.41, 5.74) is 0.788. The van der Waals surface area contributed by atoms with Gasteiger partial charge in [0.25, 0.3) is 5.56 Å². The first kappa shape index (κ1) is 14.0. The number of nitrogens with zero attached hydrogens (tertiary/aromatic N) is 2. The number of ether oxygens (including phenoxy) is 1. The lowest BCUT2D eigenvalue weighted by atomic mass is 10.3. The summed E-state index contributed by atoms with van der Waals surface area (Å²) >= 11 is 11.5. The normalized spacial score (nSPS) is 11.0. The number of hydrogen-bond donors (Lipinski definition) is 1. The fraction of sp³-hybridized carbons (Fsp3) is 0.143. The van der Waals surface area contributed by atoms with Gasteiger partial charge in [-0.2, -0.15) is 0 Å². The smallest absolute Gasteiger partial charge is 0.276 e. The van der Waals surface area contributed by atoms with Crippen molar-refractivity contribution in [2.24, 2.45) is 0 Å². The summed E-state index contributed by atoms with van der Waals surface area (Å²) in [5.74, 6) is 0.728. The zero-order valence-electron chi connectivity index (χ0n) is 10.8. The Bertz CT molecular complexity index is 824. The Balaban J connectivity index is 1.74. The number of halogens is 2. The maximum Gasteiger partial charge on any atom is 0.276 e. The van der Waals surface area contributed by atoms with Gasteiger partial charge in [-0.3, -0.25) is 9.78 Å². The highest BCUT2D eigenvalue weighted by atomic mass is 35.5. The highest BCUT2D eigenvalue weighted by Crippen LogP contribution is 2.16. The number of H-pyrrole nitrogens is 1. The third kappa shape index (κ3) is 3.04. The van der Waals surface area contributed by atoms with Crippen LogP contribution in [0.25, 0.3) is 11.0 Å². The van der Waals surface area contributed by atoms with E-state index < -0.39 is 0 Å². The number of benzene rings is 1. The first-order valence-electron chi connectivity index (χ1n) is 6.26. The van der Waals surface area contributed by atoms with Crippen LogP contribution < -0.4 is 10.3 Å². The van der Waals surface area contributed by atoms with Crippen molar-refractivity contribution in [3.63, 3.8) is 0 Å². The second-order valence-corrected chi connectivity index (χ2v) is 5.20. The molecule has 0 radical (unpaired) electrons. The van der Waals surface area contributed by atoms with Gasteiger partial charge < -0.3 is 9.30 Å². The minimum atomic E-state index is -0.263. The van der Waals surface area contributed by atoms with Gasteiger partial charge in [-0.15, -0.1) is 0 Å². The van der Waals surface area contributed by atoms with Crippen LogP contribution in [0.2, 0.25) is 10.3 Å². The van der Waals surface area contributed by atoms with E-state index in [0.29, 0.717) is 29.2 Å². The molecule has 0 fully saturated rings. The number of aromatic amines is 1. The first-order valence-corrected chi connectivity index (χ1v) is 7.02. The average Bonchev–Trinajstić information content (AvgIpc) is 2.84. The van der Waals surface area contributed by atoms with E-state index in [4.69, 9.17) is 27.9 Å². The highest BCUT2D eigenvalue weighted by molar-refractivity contribution is 6.30. The second kappa shape index (κ2) is 5.79. The Kier molecular flexibility index (Phi) is 3.86. The summed E-state index contributed by atoms with van der Waals surface area (Å²) in [4.78, 5) is 18.4. The third-order valence-electron chi connectivity index (χ3n) is 3.01. The molecule has 2 aromatic heterocycles. The van der Waals surface area contributed by atoms with E-state index in [9.17, 15) is 4.79 Å². The van der Waals surface area contributed by atoms with Crippen LogP contribution in [0.3, 0.4) is 0 Å². The summed E-state index contributed by atoms with van der Waals surface area (Å²) in [6.07, 6.45) is 1.79. The van der Waals surface area contributed by atoms with E-state index in [-0.39, 0.29) is 10.8 Å². The Morgan fingerprint density at radius 1 is 1.19 bits per heavy atom. The number of aromatic nitrogens is 3. The molecule has 0 atom stereocenters. The Labute approximate surface area is 130 Å². The molecule has 0 spiro atoms. The quantitative estimate of drug-likeness (QED) is 0.750. The monoisotopic (exact) mass is 323 g/mol. The SMILES string of the molecule is O=c1[nH]c(Cl)nc2ccn(CCOc3ccc(Cl)cc3)c12. The standard InChI is InChI=1S/C14H11Cl2N3O2/c15-9-1-3-10(4-2-9)21-8-7-19-6-5-11-12(19)13(20)18-14(16)17-11/h1-6H,7-8H2,(H,17,18,20). The molecule has 2 heterocycles. The number of hydrogen-bond acceptors (Lipinski definition) is 3. The molecule has 0 bridgehead atoms. The number of nitrogens with one attached hydrogen (secondary N) is 1. The molecular weight excluding hydrogens is 313 g/mol. The van der Waals surface area contributed by atoms with Crippen LogP contribution in [0.1, 0.15) is 0 Å². The molecule has 1 N–H and O–H groups in total. The molecule has 1 aromatic carbocycles. The lowest BCUT2D eigenvalue weighted by molar-refractivity contribution is 0.300. The Morgan fingerprint density at radius 2 is 1.95 bits per heavy atom. The van der Waals surface area contributed by atoms with Gasteiger partial charge in [-0.25, -0.2) is 4.98 Å². The lowest BCUT2D eigenvalue weighted by Gasteiger charge is -2.08. The van der Waals surface area contributed by atoms with E-state index in [1.54, 1.807) is 41.1 Å². The van der Waals surface area contributed by atoms with Gasteiger partial charge in [0.15, 0.2) is 0 Å². The van der Waals surface area contributed by atoms with Gasteiger partial charge in [0, 0.05) is 11.2 Å². The summed E-state index contributed by atoms with van der Waals surface area (Å²) < 4.78 is 7.39. The predicted octanol–water partition coefficient (Wildman–Crippen LogP) is 3.11. The fourth-order valence-corrected chi connectivity index (χ4v) is 2.37. The molecule has 21 heavy (non-hydrogen) atoms. The van der Waals surface area contributed by atoms with Crippen LogP contribution in [-0.4, -0.2) is 21.1 Å². The Hall–Kier alpha value is -1.98. The maximum atomic E-state index is 11.9. The molecule has 0 amide bonds. The van der Waals surface area contributed by atoms with Gasteiger partial charge in [0.1, 0.15) is 17.9 Å². The summed E-state index contributed by atoms with van der Waals surface area (Å²) in [5, 5.41) is 0.746. The predicted molar refractivity (Wildman–Crippen MR) is 82.3 cm³/mol. The van der Waals surface area contributed by atoms with Gasteiger partial charge >= 0.3 is 0 Å². The second-order valence-electron chi connectivity index (χ2n) is 4.40. The topological polar surface area (TPSA) is 59.9 Å². The van der Waals surface area contributed by atoms with Crippen molar-refractivity contribution in [2.45, 2.75) is 6.54 Å². The Morgan fingerprint density at radius 3 is 2.71 bits per heavy atom. The van der Waals surface area contributed by atoms with E-state index in [0.717, 1.165) is 5.75 Å². The summed E-state index contributed by atoms with van der Waals surface area (Å²) in [6, 6.07) is 8.87. The van der Waals surface area contributed by atoms with Crippen LogP contribution in [0.5, 0.6) is 5.75 Å². The van der Waals surface area contributed by atoms with Crippen LogP contribution in [0.15, 0.2) is 41.3 Å². The van der Waals surface area contributed by atoms with E-state index >= 15 is 0 Å². The molecule has 7 heteroatoms. The van der Waals surface area contributed by atoms with E-state index in [1.807, 2.05) is 0 Å². The van der Waals surface area contributed by atoms with Crippen molar-refractivity contribution in [1.29, 1.82) is 0 Å². The number of fused-ring (bicyclic) bond motifs is 1. The van der Waals surface area contributed by atoms with Gasteiger partial charge in [-0.05, 0) is 41.9 Å². The molecule has 108 valence electrons. The van der Waals surface area contributed by atoms with Gasteiger partial charge in [0.2, 0.25) is 5.28 Å². The first-order chi connectivity index (χ1) is 10.1. The van der Waals surface area contributed by atoms with Gasteiger partial charge in [-0.1, -0.05) is 11.6 Å². The largest absolute Gasteiger partial charge is 0.492 e. The molecular formula is C14H11Cl2N3O2. The molecule has 0 aliphatic rings. The average molecular weight is 324 g/mol. The van der Waals surface area contributed by atoms with Crippen molar-refractivity contribution in [3.05, 3.63) is 57.2 Å². The van der Waals surface area contributed by atoms with Crippen LogP contribution in [0, 0.1) is 0 Å². The van der Waals surface area contributed by atoms with Crippen molar-refractivity contribution in [2.75, 3.05) is 6.61 Å². The fourth-order valence-electron chi connectivity index (χ4n) is 2.06. The molecule has 0 saturated carbocycles. The molecule has 0 saturated heterocycles. The molecule has 3 rings (SSSR count). The minimum absolute atomic E-state index is 0.0858. The molecule has 0 aliphatic heterocycles. The molecule has 5 nitrogen and oxygen atoms in total. The molecule has 0 aliphatic carbocycles. The third-order valence-corrected chi connectivity index (χ3v) is 3.44. The van der Waals surface area contributed by atoms with E-state index in [2.05, 4.69) is 9.97 Å². The summed E-state index contributed by atoms with van der Waals surface area (Å²) in [6.45, 7) is 0.950. The minimum Gasteiger partial charge on any atom is -0.492 e. The van der Waals surface area contributed by atoms with Crippen molar-refractivity contribution in [1.82, 2.24) is 14.5 Å². The van der Waals surface area contributed by atoms with Crippen molar-refractivity contribution < 1.29 is 4.74 Å². The maximum absolute atomic E-state index is 11.9. The van der Waals surface area contributed by atoms with Gasteiger partial charge in [0.05, 0.1) is 12.1 Å². The highest BCUT2D eigenvalue weighted by Gasteiger charge is 2.08. The van der Waals surface area contributed by atoms with Crippen LogP contribution >= 0.6 is 23.2 Å². The van der Waals surface area contributed by atoms with Crippen molar-refractivity contribution in [3.8, 4) is 5.75 Å². The lowest BCUT2D eigenvalue weighted by Crippen LogP contribution is -2.14. The number of rotatable bonds is 4. The van der Waals surface area contributed by atoms with Crippen LogP contribution in [0.4, 0.5) is 0 Å². The van der Waals surface area contributed by atoms with Crippen molar-refractivity contribution >= 4 is 34.2 Å².